The summed E-state index contributed by atoms with van der Waals surface area (Å²) < 4.78 is 11.2. The SMILES string of the molecule is COc1cccc(COC2CCCc3cn[nH]c32)c1Cl. The molecule has 0 saturated heterocycles. The molecule has 3 rings (SSSR count). The van der Waals surface area contributed by atoms with Gasteiger partial charge in [-0.3, -0.25) is 5.10 Å². The van der Waals surface area contributed by atoms with Crippen molar-refractivity contribution in [1.29, 1.82) is 0 Å². The zero-order valence-corrected chi connectivity index (χ0v) is 12.1. The summed E-state index contributed by atoms with van der Waals surface area (Å²) in [6.45, 7) is 0.471. The lowest BCUT2D eigenvalue weighted by Gasteiger charge is -2.22. The normalized spacial score (nSPS) is 17.8. The molecule has 20 heavy (non-hydrogen) atoms. The Morgan fingerprint density at radius 3 is 3.20 bits per heavy atom. The molecule has 0 spiro atoms. The number of ether oxygens (including phenoxy) is 2. The van der Waals surface area contributed by atoms with E-state index in [1.807, 2.05) is 24.4 Å². The van der Waals surface area contributed by atoms with E-state index >= 15 is 0 Å². The van der Waals surface area contributed by atoms with E-state index in [0.717, 1.165) is 30.5 Å². The first-order valence-electron chi connectivity index (χ1n) is 6.74. The highest BCUT2D eigenvalue weighted by Gasteiger charge is 2.23. The van der Waals surface area contributed by atoms with Crippen molar-refractivity contribution in [3.63, 3.8) is 0 Å². The number of hydrogen-bond acceptors (Lipinski definition) is 3. The first-order valence-corrected chi connectivity index (χ1v) is 7.12. The van der Waals surface area contributed by atoms with Crippen molar-refractivity contribution in [2.45, 2.75) is 32.0 Å². The Bertz CT molecular complexity index is 597. The van der Waals surface area contributed by atoms with Crippen LogP contribution in [-0.4, -0.2) is 17.3 Å². The quantitative estimate of drug-likeness (QED) is 0.935. The fourth-order valence-electron chi connectivity index (χ4n) is 2.60. The van der Waals surface area contributed by atoms with Crippen LogP contribution < -0.4 is 4.74 Å². The summed E-state index contributed by atoms with van der Waals surface area (Å²) in [5.74, 6) is 0.679. The summed E-state index contributed by atoms with van der Waals surface area (Å²) in [6.07, 6.45) is 5.18. The van der Waals surface area contributed by atoms with Gasteiger partial charge in [0.2, 0.25) is 0 Å². The largest absolute Gasteiger partial charge is 0.495 e. The van der Waals surface area contributed by atoms with Crippen LogP contribution in [0.25, 0.3) is 0 Å². The zero-order valence-electron chi connectivity index (χ0n) is 11.4. The van der Waals surface area contributed by atoms with Crippen molar-refractivity contribution in [2.75, 3.05) is 7.11 Å². The molecule has 1 atom stereocenters. The summed E-state index contributed by atoms with van der Waals surface area (Å²) in [4.78, 5) is 0. The second-order valence-electron chi connectivity index (χ2n) is 4.93. The Morgan fingerprint density at radius 2 is 2.35 bits per heavy atom. The number of fused-ring (bicyclic) bond motifs is 1. The number of nitrogens with zero attached hydrogens (tertiary/aromatic N) is 1. The fraction of sp³-hybridized carbons (Fsp3) is 0.400. The first kappa shape index (κ1) is 13.5. The Kier molecular flexibility index (Phi) is 3.94. The third-order valence-electron chi connectivity index (χ3n) is 3.69. The minimum atomic E-state index is 0.0727. The maximum atomic E-state index is 6.28. The number of aromatic amines is 1. The van der Waals surface area contributed by atoms with Crippen LogP contribution in [0.1, 0.15) is 35.8 Å². The minimum absolute atomic E-state index is 0.0727. The molecule has 2 aromatic rings. The Balaban J connectivity index is 1.72. The van der Waals surface area contributed by atoms with Gasteiger partial charge in [0.15, 0.2) is 0 Å². The number of halogens is 1. The molecule has 1 aliphatic rings. The van der Waals surface area contributed by atoms with Gasteiger partial charge in [-0.25, -0.2) is 0 Å². The van der Waals surface area contributed by atoms with E-state index in [1.165, 1.54) is 5.56 Å². The molecule has 0 fully saturated rings. The van der Waals surface area contributed by atoms with Crippen LogP contribution in [0.5, 0.6) is 5.75 Å². The van der Waals surface area contributed by atoms with Gasteiger partial charge in [-0.1, -0.05) is 23.7 Å². The smallest absolute Gasteiger partial charge is 0.137 e. The van der Waals surface area contributed by atoms with E-state index in [9.17, 15) is 0 Å². The van der Waals surface area contributed by atoms with Gasteiger partial charge in [0, 0.05) is 5.56 Å². The van der Waals surface area contributed by atoms with Crippen molar-refractivity contribution in [2.24, 2.45) is 0 Å². The van der Waals surface area contributed by atoms with Gasteiger partial charge >= 0.3 is 0 Å². The molecule has 1 N–H and O–H groups in total. The number of methoxy groups -OCH3 is 1. The molecular weight excluding hydrogens is 276 g/mol. The molecule has 0 amide bonds. The lowest BCUT2D eigenvalue weighted by molar-refractivity contribution is 0.0254. The fourth-order valence-corrected chi connectivity index (χ4v) is 2.86. The molecule has 0 radical (unpaired) electrons. The number of aromatic nitrogens is 2. The molecule has 5 heteroatoms. The van der Waals surface area contributed by atoms with Crippen molar-refractivity contribution in [3.05, 3.63) is 46.2 Å². The summed E-state index contributed by atoms with van der Waals surface area (Å²) in [6, 6.07) is 5.73. The van der Waals surface area contributed by atoms with Crippen LogP contribution >= 0.6 is 11.6 Å². The van der Waals surface area contributed by atoms with Gasteiger partial charge < -0.3 is 9.47 Å². The lowest BCUT2D eigenvalue weighted by Crippen LogP contribution is -2.12. The molecular formula is C15H17ClN2O2. The molecule has 1 heterocycles. The summed E-state index contributed by atoms with van der Waals surface area (Å²) in [5.41, 5.74) is 3.31. The van der Waals surface area contributed by atoms with Crippen molar-refractivity contribution >= 4 is 11.6 Å². The summed E-state index contributed by atoms with van der Waals surface area (Å²) in [5, 5.41) is 7.77. The first-order chi connectivity index (χ1) is 9.79. The molecule has 0 bridgehead atoms. The van der Waals surface area contributed by atoms with E-state index in [0.29, 0.717) is 17.4 Å². The van der Waals surface area contributed by atoms with Gasteiger partial charge in [0.25, 0.3) is 0 Å². The monoisotopic (exact) mass is 292 g/mol. The molecule has 4 nitrogen and oxygen atoms in total. The standard InChI is InChI=1S/C15H17ClN2O2/c1-19-12-6-3-5-11(14(12)16)9-20-13-7-2-4-10-8-17-18-15(10)13/h3,5-6,8,13H,2,4,7,9H2,1H3,(H,17,18). The van der Waals surface area contributed by atoms with Crippen LogP contribution in [0.2, 0.25) is 5.02 Å². The number of rotatable bonds is 4. The van der Waals surface area contributed by atoms with Gasteiger partial charge in [-0.05, 0) is 30.9 Å². The second kappa shape index (κ2) is 5.85. The number of hydrogen-bond donors (Lipinski definition) is 1. The highest BCUT2D eigenvalue weighted by Crippen LogP contribution is 2.33. The van der Waals surface area contributed by atoms with Crippen LogP contribution in [-0.2, 0) is 17.8 Å². The van der Waals surface area contributed by atoms with E-state index in [1.54, 1.807) is 7.11 Å². The molecule has 1 unspecified atom stereocenters. The number of H-pyrrole nitrogens is 1. The Labute approximate surface area is 123 Å². The molecule has 0 aliphatic heterocycles. The van der Waals surface area contributed by atoms with E-state index < -0.39 is 0 Å². The third kappa shape index (κ3) is 2.53. The topological polar surface area (TPSA) is 47.1 Å². The Morgan fingerprint density at radius 1 is 1.45 bits per heavy atom. The lowest BCUT2D eigenvalue weighted by atomic mass is 9.96. The van der Waals surface area contributed by atoms with E-state index in [-0.39, 0.29) is 6.10 Å². The van der Waals surface area contributed by atoms with Gasteiger partial charge in [-0.2, -0.15) is 5.10 Å². The molecule has 0 saturated carbocycles. The van der Waals surface area contributed by atoms with Gasteiger partial charge in [0.05, 0.1) is 36.7 Å². The third-order valence-corrected chi connectivity index (χ3v) is 4.12. The predicted octanol–water partition coefficient (Wildman–Crippen LogP) is 3.67. The predicted molar refractivity (Wildman–Crippen MR) is 77.1 cm³/mol. The molecule has 1 aliphatic carbocycles. The molecule has 1 aromatic carbocycles. The van der Waals surface area contributed by atoms with Crippen LogP contribution in [0, 0.1) is 0 Å². The average Bonchev–Trinajstić information content (AvgIpc) is 2.95. The maximum absolute atomic E-state index is 6.28. The number of nitrogens with one attached hydrogen (secondary N) is 1. The van der Waals surface area contributed by atoms with Crippen LogP contribution in [0.3, 0.4) is 0 Å². The van der Waals surface area contributed by atoms with Crippen LogP contribution in [0.4, 0.5) is 0 Å². The minimum Gasteiger partial charge on any atom is -0.495 e. The summed E-state index contributed by atoms with van der Waals surface area (Å²) in [7, 11) is 1.61. The highest BCUT2D eigenvalue weighted by molar-refractivity contribution is 6.32. The van der Waals surface area contributed by atoms with E-state index in [2.05, 4.69) is 10.2 Å². The average molecular weight is 293 g/mol. The molecule has 1 aromatic heterocycles. The van der Waals surface area contributed by atoms with Crippen LogP contribution in [0.15, 0.2) is 24.4 Å². The van der Waals surface area contributed by atoms with Gasteiger partial charge in [0.1, 0.15) is 5.75 Å². The number of aryl methyl sites for hydroxylation is 1. The second-order valence-corrected chi connectivity index (χ2v) is 5.31. The Hall–Kier alpha value is -1.52. The maximum Gasteiger partial charge on any atom is 0.137 e. The van der Waals surface area contributed by atoms with Crippen molar-refractivity contribution in [3.8, 4) is 5.75 Å². The van der Waals surface area contributed by atoms with Crippen molar-refractivity contribution < 1.29 is 9.47 Å². The van der Waals surface area contributed by atoms with E-state index in [4.69, 9.17) is 21.1 Å². The van der Waals surface area contributed by atoms with Crippen molar-refractivity contribution in [1.82, 2.24) is 10.2 Å². The molecule has 106 valence electrons. The summed E-state index contributed by atoms with van der Waals surface area (Å²) >= 11 is 6.28. The highest BCUT2D eigenvalue weighted by atomic mass is 35.5. The van der Waals surface area contributed by atoms with Gasteiger partial charge in [-0.15, -0.1) is 0 Å². The zero-order chi connectivity index (χ0) is 13.9. The number of benzene rings is 1.